The van der Waals surface area contributed by atoms with Crippen LogP contribution in [0.2, 0.25) is 0 Å². The molecule has 80 valence electrons. The molecular weight excluding hydrogens is 207 g/mol. The van der Waals surface area contributed by atoms with Gasteiger partial charge in [-0.3, -0.25) is 4.57 Å². The van der Waals surface area contributed by atoms with Gasteiger partial charge in [0.05, 0.1) is 0 Å². The second kappa shape index (κ2) is 4.13. The molecule has 7 heteroatoms. The van der Waals surface area contributed by atoms with Crippen LogP contribution in [-0.2, 0) is 13.6 Å². The zero-order valence-electron chi connectivity index (χ0n) is 8.53. The maximum Gasteiger partial charge on any atom is 0.384 e. The second-order valence-electron chi connectivity index (χ2n) is 2.50. The van der Waals surface area contributed by atoms with E-state index in [4.69, 9.17) is 13.5 Å². The summed E-state index contributed by atoms with van der Waals surface area (Å²) in [7, 11) is 0.903. The van der Waals surface area contributed by atoms with Crippen LogP contribution in [-0.4, -0.2) is 26.3 Å². The number of aryl methyl sites for hydroxylation is 1. The molecule has 1 aromatic heterocycles. The van der Waals surface area contributed by atoms with E-state index < -0.39 is 7.60 Å². The fourth-order valence-corrected chi connectivity index (χ4v) is 2.18. The lowest BCUT2D eigenvalue weighted by atomic mass is 10.8. The number of rotatable bonds is 4. The summed E-state index contributed by atoms with van der Waals surface area (Å²) in [6.07, 6.45) is 0. The van der Waals surface area contributed by atoms with Gasteiger partial charge in [0.15, 0.2) is 5.89 Å². The number of aromatic nitrogens is 1. The van der Waals surface area contributed by atoms with E-state index in [0.29, 0.717) is 11.8 Å². The summed E-state index contributed by atoms with van der Waals surface area (Å²) in [6, 6.07) is 0. The van der Waals surface area contributed by atoms with Gasteiger partial charge < -0.3 is 18.8 Å². The Labute approximate surface area is 82.1 Å². The molecule has 1 N–H and O–H groups in total. The zero-order chi connectivity index (χ0) is 10.8. The molecule has 0 aliphatic rings. The van der Waals surface area contributed by atoms with Gasteiger partial charge in [-0.05, 0) is 0 Å². The van der Waals surface area contributed by atoms with Crippen LogP contribution in [0.25, 0.3) is 0 Å². The lowest BCUT2D eigenvalue weighted by Crippen LogP contribution is -2.13. The predicted octanol–water partition coefficient (Wildman–Crippen LogP) is 1.14. The van der Waals surface area contributed by atoms with Gasteiger partial charge >= 0.3 is 7.60 Å². The van der Waals surface area contributed by atoms with Gasteiger partial charge in [-0.2, -0.15) is 0 Å². The number of hydrogen-bond acceptors (Lipinski definition) is 6. The Morgan fingerprint density at radius 1 is 1.43 bits per heavy atom. The standard InChI is InChI=1S/C7H13N2O4P/c1-5-9-7(6(8-2)13-5)14(10,11-3)12-4/h8H,1-4H3. The van der Waals surface area contributed by atoms with E-state index in [0.717, 1.165) is 0 Å². The monoisotopic (exact) mass is 220 g/mol. The van der Waals surface area contributed by atoms with Crippen molar-refractivity contribution in [1.82, 2.24) is 4.98 Å². The SMILES string of the molecule is CNc1oc(C)nc1P(=O)(OC)OC. The lowest BCUT2D eigenvalue weighted by molar-refractivity contribution is 0.286. The normalized spacial score (nSPS) is 11.7. The van der Waals surface area contributed by atoms with Crippen LogP contribution in [0.15, 0.2) is 4.42 Å². The van der Waals surface area contributed by atoms with Crippen LogP contribution in [0, 0.1) is 6.92 Å². The van der Waals surface area contributed by atoms with Gasteiger partial charge in [0.2, 0.25) is 11.3 Å². The fourth-order valence-electron chi connectivity index (χ4n) is 1.01. The Balaban J connectivity index is 3.22. The largest absolute Gasteiger partial charge is 0.425 e. The van der Waals surface area contributed by atoms with Crippen LogP contribution in [0.3, 0.4) is 0 Å². The van der Waals surface area contributed by atoms with Crippen LogP contribution in [0.1, 0.15) is 5.89 Å². The van der Waals surface area contributed by atoms with Crippen molar-refractivity contribution >= 4 is 18.9 Å². The van der Waals surface area contributed by atoms with Crippen LogP contribution >= 0.6 is 7.60 Å². The minimum absolute atomic E-state index is 0.169. The Morgan fingerprint density at radius 2 is 2.00 bits per heavy atom. The Kier molecular flexibility index (Phi) is 3.31. The number of hydrogen-bond donors (Lipinski definition) is 1. The van der Waals surface area contributed by atoms with Crippen molar-refractivity contribution in [2.75, 3.05) is 26.6 Å². The van der Waals surface area contributed by atoms with Crippen molar-refractivity contribution in [3.63, 3.8) is 0 Å². The predicted molar refractivity (Wildman–Crippen MR) is 52.0 cm³/mol. The second-order valence-corrected chi connectivity index (χ2v) is 4.65. The maximum absolute atomic E-state index is 11.9. The highest BCUT2D eigenvalue weighted by Crippen LogP contribution is 2.46. The highest BCUT2D eigenvalue weighted by molar-refractivity contribution is 7.62. The van der Waals surface area contributed by atoms with Crippen molar-refractivity contribution < 1.29 is 18.0 Å². The number of anilines is 1. The number of oxazole rings is 1. The summed E-state index contributed by atoms with van der Waals surface area (Å²) in [4.78, 5) is 3.95. The molecule has 1 heterocycles. The molecule has 1 aromatic rings. The highest BCUT2D eigenvalue weighted by Gasteiger charge is 2.32. The fraction of sp³-hybridized carbons (Fsp3) is 0.571. The molecule has 14 heavy (non-hydrogen) atoms. The van der Waals surface area contributed by atoms with Crippen molar-refractivity contribution in [3.8, 4) is 0 Å². The molecule has 0 aromatic carbocycles. The molecule has 0 saturated heterocycles. The highest BCUT2D eigenvalue weighted by atomic mass is 31.2. The smallest absolute Gasteiger partial charge is 0.384 e. The molecule has 6 nitrogen and oxygen atoms in total. The zero-order valence-corrected chi connectivity index (χ0v) is 9.42. The van der Waals surface area contributed by atoms with E-state index in [1.165, 1.54) is 14.2 Å². The average Bonchev–Trinajstić information content (AvgIpc) is 2.59. The first kappa shape index (κ1) is 11.2. The molecule has 0 unspecified atom stereocenters. The molecule has 0 saturated carbocycles. The Hall–Kier alpha value is -0.840. The summed E-state index contributed by atoms with van der Waals surface area (Å²) in [6.45, 7) is 1.65. The van der Waals surface area contributed by atoms with Crippen molar-refractivity contribution in [2.45, 2.75) is 6.92 Å². The summed E-state index contributed by atoms with van der Waals surface area (Å²) in [5, 5.41) is 2.73. The van der Waals surface area contributed by atoms with Gasteiger partial charge in [-0.25, -0.2) is 4.98 Å². The van der Waals surface area contributed by atoms with Crippen molar-refractivity contribution in [1.29, 1.82) is 0 Å². The third kappa shape index (κ3) is 1.82. The molecule has 0 spiro atoms. The average molecular weight is 220 g/mol. The van der Waals surface area contributed by atoms with E-state index in [1.54, 1.807) is 14.0 Å². The summed E-state index contributed by atoms with van der Waals surface area (Å²) in [5.74, 6) is 0.702. The number of nitrogens with one attached hydrogen (secondary N) is 1. The summed E-state index contributed by atoms with van der Waals surface area (Å²) < 4.78 is 26.7. The van der Waals surface area contributed by atoms with Gasteiger partial charge in [-0.15, -0.1) is 0 Å². The molecule has 1 rings (SSSR count). The van der Waals surface area contributed by atoms with E-state index >= 15 is 0 Å². The minimum Gasteiger partial charge on any atom is -0.425 e. The lowest BCUT2D eigenvalue weighted by Gasteiger charge is -2.10. The van der Waals surface area contributed by atoms with Gasteiger partial charge in [-0.1, -0.05) is 0 Å². The molecule has 0 aliphatic heterocycles. The van der Waals surface area contributed by atoms with Crippen molar-refractivity contribution in [2.24, 2.45) is 0 Å². The molecule has 0 amide bonds. The molecule has 0 radical (unpaired) electrons. The topological polar surface area (TPSA) is 73.6 Å². The van der Waals surface area contributed by atoms with Crippen LogP contribution < -0.4 is 10.8 Å². The summed E-state index contributed by atoms with van der Waals surface area (Å²) >= 11 is 0. The number of nitrogens with zero attached hydrogens (tertiary/aromatic N) is 1. The first-order valence-corrected chi connectivity index (χ1v) is 5.49. The molecule has 0 fully saturated rings. The summed E-state index contributed by atoms with van der Waals surface area (Å²) in [5.41, 5.74) is 0.169. The van der Waals surface area contributed by atoms with E-state index in [2.05, 4.69) is 10.3 Å². The third-order valence-electron chi connectivity index (χ3n) is 1.68. The third-order valence-corrected chi connectivity index (χ3v) is 3.47. The maximum atomic E-state index is 11.9. The van der Waals surface area contributed by atoms with E-state index in [9.17, 15) is 4.57 Å². The molecular formula is C7H13N2O4P. The quantitative estimate of drug-likeness (QED) is 0.767. The molecule has 0 bridgehead atoms. The minimum atomic E-state index is -3.33. The first-order valence-electron chi connectivity index (χ1n) is 3.94. The van der Waals surface area contributed by atoms with Gasteiger partial charge in [0, 0.05) is 28.2 Å². The Morgan fingerprint density at radius 3 is 2.43 bits per heavy atom. The van der Waals surface area contributed by atoms with Crippen LogP contribution in [0.5, 0.6) is 0 Å². The van der Waals surface area contributed by atoms with Crippen LogP contribution in [0.4, 0.5) is 5.88 Å². The van der Waals surface area contributed by atoms with Crippen molar-refractivity contribution in [3.05, 3.63) is 5.89 Å². The van der Waals surface area contributed by atoms with E-state index in [1.807, 2.05) is 0 Å². The Bertz CT molecular complexity index is 355. The first-order chi connectivity index (χ1) is 6.57. The van der Waals surface area contributed by atoms with E-state index in [-0.39, 0.29) is 5.44 Å². The van der Waals surface area contributed by atoms with Gasteiger partial charge in [0.25, 0.3) is 0 Å². The molecule has 0 atom stereocenters. The van der Waals surface area contributed by atoms with Gasteiger partial charge in [0.1, 0.15) is 0 Å². The molecule has 0 aliphatic carbocycles.